The van der Waals surface area contributed by atoms with Gasteiger partial charge in [0.2, 0.25) is 0 Å². The van der Waals surface area contributed by atoms with Crippen molar-refractivity contribution >= 4 is 57.2 Å². The van der Waals surface area contributed by atoms with Gasteiger partial charge in [0, 0.05) is 24.3 Å². The zero-order valence-electron chi connectivity index (χ0n) is 17.2. The minimum Gasteiger partial charge on any atom is -0.463 e. The van der Waals surface area contributed by atoms with Gasteiger partial charge in [0.15, 0.2) is 5.78 Å². The molecule has 0 aliphatic heterocycles. The molecule has 0 unspecified atom stereocenters. The number of benzene rings is 1. The highest BCUT2D eigenvalue weighted by Gasteiger charge is 2.28. The summed E-state index contributed by atoms with van der Waals surface area (Å²) in [5.41, 5.74) is 0.314. The molecule has 0 aliphatic rings. The van der Waals surface area contributed by atoms with E-state index >= 15 is 0 Å². The summed E-state index contributed by atoms with van der Waals surface area (Å²) in [5.74, 6) is -1.40. The van der Waals surface area contributed by atoms with Crippen molar-refractivity contribution in [1.29, 1.82) is 0 Å². The third kappa shape index (κ3) is 6.42. The zero-order chi connectivity index (χ0) is 22.5. The first-order valence-corrected chi connectivity index (χ1v) is 10.9. The molecular formula is C22H23Cl2NO4S. The molecule has 5 nitrogen and oxygen atoms in total. The van der Waals surface area contributed by atoms with E-state index in [0.29, 0.717) is 26.5 Å². The predicted molar refractivity (Wildman–Crippen MR) is 122 cm³/mol. The lowest BCUT2D eigenvalue weighted by Crippen LogP contribution is -2.37. The van der Waals surface area contributed by atoms with E-state index in [1.165, 1.54) is 11.0 Å². The molecule has 1 aromatic heterocycles. The van der Waals surface area contributed by atoms with Gasteiger partial charge >= 0.3 is 5.97 Å². The minimum atomic E-state index is -0.613. The molecule has 0 radical (unpaired) electrons. The van der Waals surface area contributed by atoms with Crippen molar-refractivity contribution in [2.75, 3.05) is 18.1 Å². The Morgan fingerprint density at radius 3 is 2.37 bits per heavy atom. The number of anilines is 1. The molecule has 0 atom stereocenters. The quantitative estimate of drug-likeness (QED) is 0.293. The van der Waals surface area contributed by atoms with Gasteiger partial charge in [-0.25, -0.2) is 4.79 Å². The Balaban J connectivity index is 2.49. The zero-order valence-corrected chi connectivity index (χ0v) is 19.5. The number of ketones is 1. The molecule has 160 valence electrons. The van der Waals surface area contributed by atoms with Crippen LogP contribution >= 0.6 is 34.5 Å². The molecule has 30 heavy (non-hydrogen) atoms. The van der Waals surface area contributed by atoms with E-state index < -0.39 is 11.9 Å². The van der Waals surface area contributed by atoms with Crippen LogP contribution in [0, 0.1) is 5.41 Å². The Labute approximate surface area is 190 Å². The van der Waals surface area contributed by atoms with Crippen molar-refractivity contribution < 1.29 is 19.1 Å². The molecule has 2 aromatic rings. The Morgan fingerprint density at radius 2 is 1.77 bits per heavy atom. The number of carbonyl (C=O) groups is 3. The smallest absolute Gasteiger partial charge is 0.330 e. The summed E-state index contributed by atoms with van der Waals surface area (Å²) >= 11 is 13.5. The van der Waals surface area contributed by atoms with Gasteiger partial charge in [-0.15, -0.1) is 11.3 Å². The van der Waals surface area contributed by atoms with Crippen molar-refractivity contribution in [2.45, 2.75) is 27.7 Å². The van der Waals surface area contributed by atoms with Crippen LogP contribution in [0.4, 0.5) is 5.00 Å². The summed E-state index contributed by atoms with van der Waals surface area (Å²) < 4.78 is 5.19. The van der Waals surface area contributed by atoms with Gasteiger partial charge in [0.25, 0.3) is 5.91 Å². The van der Waals surface area contributed by atoms with Crippen molar-refractivity contribution in [1.82, 2.24) is 0 Å². The van der Waals surface area contributed by atoms with Crippen LogP contribution in [0.3, 0.4) is 0 Å². The summed E-state index contributed by atoms with van der Waals surface area (Å²) in [4.78, 5) is 39.2. The molecule has 0 fully saturated rings. The second kappa shape index (κ2) is 10.2. The normalized spacial score (nSPS) is 11.5. The van der Waals surface area contributed by atoms with Crippen LogP contribution in [-0.4, -0.2) is 30.8 Å². The Hall–Kier alpha value is -2.15. The van der Waals surface area contributed by atoms with Gasteiger partial charge in [0.1, 0.15) is 5.00 Å². The number of esters is 1. The minimum absolute atomic E-state index is 0.208. The predicted octanol–water partition coefficient (Wildman–Crippen LogP) is 5.78. The van der Waals surface area contributed by atoms with Gasteiger partial charge in [-0.3, -0.25) is 14.5 Å². The van der Waals surface area contributed by atoms with E-state index in [0.717, 1.165) is 23.5 Å². The summed E-state index contributed by atoms with van der Waals surface area (Å²) in [7, 11) is 0. The monoisotopic (exact) mass is 467 g/mol. The van der Waals surface area contributed by atoms with Crippen LogP contribution in [0.25, 0.3) is 0 Å². The fraction of sp³-hybridized carbons (Fsp3) is 0.318. The highest BCUT2D eigenvalue weighted by molar-refractivity contribution is 7.20. The third-order valence-corrected chi connectivity index (χ3v) is 5.45. The molecule has 8 heteroatoms. The topological polar surface area (TPSA) is 63.7 Å². The lowest BCUT2D eigenvalue weighted by molar-refractivity contribution is -0.137. The van der Waals surface area contributed by atoms with E-state index in [-0.39, 0.29) is 23.4 Å². The van der Waals surface area contributed by atoms with Crippen LogP contribution in [-0.2, 0) is 14.3 Å². The highest BCUT2D eigenvalue weighted by Crippen LogP contribution is 2.38. The second-order valence-electron chi connectivity index (χ2n) is 7.65. The molecule has 0 aliphatic carbocycles. The first-order chi connectivity index (χ1) is 14.0. The fourth-order valence-corrected chi connectivity index (χ4v) is 4.09. The second-order valence-corrected chi connectivity index (χ2v) is 9.72. The average molecular weight is 468 g/mol. The van der Waals surface area contributed by atoms with Crippen LogP contribution in [0.1, 0.15) is 43.6 Å². The Morgan fingerprint density at radius 1 is 1.10 bits per heavy atom. The average Bonchev–Trinajstić information content (AvgIpc) is 3.05. The summed E-state index contributed by atoms with van der Waals surface area (Å²) in [6, 6.07) is 8.23. The summed E-state index contributed by atoms with van der Waals surface area (Å²) in [6.07, 6.45) is 2.22. The van der Waals surface area contributed by atoms with E-state index in [9.17, 15) is 14.4 Å². The largest absolute Gasteiger partial charge is 0.463 e. The highest BCUT2D eigenvalue weighted by atomic mass is 35.5. The molecule has 2 rings (SSSR count). The first kappa shape index (κ1) is 24.1. The maximum Gasteiger partial charge on any atom is 0.330 e. The molecule has 0 bridgehead atoms. The lowest BCUT2D eigenvalue weighted by atomic mass is 9.95. The molecular weight excluding hydrogens is 445 g/mol. The number of rotatable bonds is 7. The van der Waals surface area contributed by atoms with Crippen molar-refractivity contribution in [3.63, 3.8) is 0 Å². The van der Waals surface area contributed by atoms with Gasteiger partial charge in [-0.05, 0) is 30.5 Å². The molecule has 1 aromatic carbocycles. The number of ether oxygens (including phenoxy) is 1. The number of hydrogen-bond donors (Lipinski definition) is 0. The van der Waals surface area contributed by atoms with E-state index in [4.69, 9.17) is 27.9 Å². The number of halogens is 2. The van der Waals surface area contributed by atoms with Crippen molar-refractivity contribution in [2.24, 2.45) is 5.41 Å². The van der Waals surface area contributed by atoms with E-state index in [1.54, 1.807) is 31.2 Å². The van der Waals surface area contributed by atoms with Crippen LogP contribution in [0.5, 0.6) is 0 Å². The van der Waals surface area contributed by atoms with Gasteiger partial charge < -0.3 is 4.74 Å². The van der Waals surface area contributed by atoms with Crippen molar-refractivity contribution in [3.8, 4) is 0 Å². The summed E-state index contributed by atoms with van der Waals surface area (Å²) in [5, 5.41) is 0.713. The SMILES string of the molecule is CCOC(=O)/C=C/C(=O)N(CC(C)(C)C)c1sc(Cl)cc1C(=O)c1ccccc1Cl. The van der Waals surface area contributed by atoms with E-state index in [2.05, 4.69) is 0 Å². The lowest BCUT2D eigenvalue weighted by Gasteiger charge is -2.29. The molecule has 0 saturated heterocycles. The van der Waals surface area contributed by atoms with Crippen LogP contribution < -0.4 is 4.90 Å². The van der Waals surface area contributed by atoms with Gasteiger partial charge in [-0.1, -0.05) is 56.1 Å². The number of thiophene rings is 1. The number of hydrogen-bond acceptors (Lipinski definition) is 5. The maximum absolute atomic E-state index is 13.2. The number of carbonyl (C=O) groups excluding carboxylic acids is 3. The first-order valence-electron chi connectivity index (χ1n) is 9.28. The molecule has 1 heterocycles. The Bertz CT molecular complexity index is 976. The third-order valence-electron chi connectivity index (χ3n) is 3.84. The van der Waals surface area contributed by atoms with Crippen LogP contribution in [0.15, 0.2) is 42.5 Å². The van der Waals surface area contributed by atoms with Crippen molar-refractivity contribution in [3.05, 3.63) is 63.0 Å². The molecule has 0 spiro atoms. The van der Waals surface area contributed by atoms with Gasteiger partial charge in [-0.2, -0.15) is 0 Å². The Kier molecular flexibility index (Phi) is 8.24. The standard InChI is InChI=1S/C22H23Cl2NO4S/c1-5-29-19(27)11-10-18(26)25(13-22(2,3)4)21-15(12-17(24)30-21)20(28)14-8-6-7-9-16(14)23/h6-12H,5,13H2,1-4H3/b11-10+. The maximum atomic E-state index is 13.2. The molecule has 0 N–H and O–H groups in total. The number of nitrogens with zero attached hydrogens (tertiary/aromatic N) is 1. The summed E-state index contributed by atoms with van der Waals surface area (Å²) in [6.45, 7) is 8.09. The fourth-order valence-electron chi connectivity index (χ4n) is 2.65. The molecule has 0 saturated carbocycles. The van der Waals surface area contributed by atoms with Gasteiger partial charge in [0.05, 0.1) is 21.5 Å². The molecule has 1 amide bonds. The number of amides is 1. The van der Waals surface area contributed by atoms with Crippen LogP contribution in [0.2, 0.25) is 9.36 Å². The van der Waals surface area contributed by atoms with E-state index in [1.807, 2.05) is 20.8 Å².